The Bertz CT molecular complexity index is 606. The highest BCUT2D eigenvalue weighted by Crippen LogP contribution is 1.99. The highest BCUT2D eigenvalue weighted by atomic mass is 16.2. The SMILES string of the molecule is CCNC(=O)CCN(CCC(=O)NC)CCN(CCNCCNCCC(=O)NC)CCC(=O)NC. The molecule has 4 amide bonds. The van der Waals surface area contributed by atoms with Crippen molar-refractivity contribution in [1.29, 1.82) is 0 Å². The average molecular weight is 501 g/mol. The maximum absolute atomic E-state index is 11.9. The van der Waals surface area contributed by atoms with Gasteiger partial charge in [0.25, 0.3) is 0 Å². The number of carbonyl (C=O) groups is 4. The van der Waals surface area contributed by atoms with Crippen molar-refractivity contribution in [2.45, 2.75) is 32.6 Å². The number of nitrogens with one attached hydrogen (secondary N) is 6. The van der Waals surface area contributed by atoms with Gasteiger partial charge in [-0.25, -0.2) is 0 Å². The van der Waals surface area contributed by atoms with Crippen molar-refractivity contribution in [3.63, 3.8) is 0 Å². The molecule has 0 heterocycles. The highest BCUT2D eigenvalue weighted by Gasteiger charge is 2.13. The summed E-state index contributed by atoms with van der Waals surface area (Å²) >= 11 is 0. The van der Waals surface area contributed by atoms with Gasteiger partial charge in [-0.3, -0.25) is 19.2 Å². The van der Waals surface area contributed by atoms with Crippen molar-refractivity contribution in [2.75, 3.05) is 93.1 Å². The van der Waals surface area contributed by atoms with Crippen LogP contribution >= 0.6 is 0 Å². The summed E-state index contributed by atoms with van der Waals surface area (Å²) in [4.78, 5) is 50.9. The van der Waals surface area contributed by atoms with E-state index in [1.54, 1.807) is 21.1 Å². The molecule has 0 bridgehead atoms. The molecule has 0 rings (SSSR count). The molecule has 0 aromatic heterocycles. The molecule has 12 nitrogen and oxygen atoms in total. The van der Waals surface area contributed by atoms with E-state index in [9.17, 15) is 19.2 Å². The lowest BCUT2D eigenvalue weighted by atomic mass is 10.3. The molecule has 12 heteroatoms. The fourth-order valence-corrected chi connectivity index (χ4v) is 3.26. The predicted molar refractivity (Wildman–Crippen MR) is 138 cm³/mol. The van der Waals surface area contributed by atoms with Crippen LogP contribution in [0.4, 0.5) is 0 Å². The van der Waals surface area contributed by atoms with Gasteiger partial charge < -0.3 is 41.7 Å². The van der Waals surface area contributed by atoms with Crippen LogP contribution in [0.5, 0.6) is 0 Å². The number of nitrogens with zero attached hydrogens (tertiary/aromatic N) is 2. The van der Waals surface area contributed by atoms with Gasteiger partial charge in [-0.15, -0.1) is 0 Å². The summed E-state index contributed by atoms with van der Waals surface area (Å²) in [5.74, 6) is -0.0109. The molecule has 0 saturated carbocycles. The van der Waals surface area contributed by atoms with E-state index in [1.807, 2.05) is 6.92 Å². The molecule has 0 aliphatic heterocycles. The third kappa shape index (κ3) is 19.7. The zero-order valence-electron chi connectivity index (χ0n) is 22.1. The zero-order chi connectivity index (χ0) is 26.3. The fraction of sp³-hybridized carbons (Fsp3) is 0.826. The normalized spacial score (nSPS) is 10.9. The molecule has 35 heavy (non-hydrogen) atoms. The summed E-state index contributed by atoms with van der Waals surface area (Å²) in [5.41, 5.74) is 0. The summed E-state index contributed by atoms with van der Waals surface area (Å²) in [7, 11) is 4.88. The second-order valence-electron chi connectivity index (χ2n) is 8.16. The van der Waals surface area contributed by atoms with Crippen LogP contribution in [0.2, 0.25) is 0 Å². The first-order chi connectivity index (χ1) is 16.9. The van der Waals surface area contributed by atoms with Gasteiger partial charge in [0.2, 0.25) is 23.6 Å². The van der Waals surface area contributed by atoms with Crippen LogP contribution in [-0.2, 0) is 19.2 Å². The molecule has 0 spiro atoms. The van der Waals surface area contributed by atoms with Crippen LogP contribution < -0.4 is 31.9 Å². The van der Waals surface area contributed by atoms with Crippen LogP contribution in [0.25, 0.3) is 0 Å². The lowest BCUT2D eigenvalue weighted by molar-refractivity contribution is -0.122. The molecule has 0 atom stereocenters. The van der Waals surface area contributed by atoms with Gasteiger partial charge in [0.1, 0.15) is 0 Å². The Morgan fingerprint density at radius 1 is 0.514 bits per heavy atom. The topological polar surface area (TPSA) is 147 Å². The van der Waals surface area contributed by atoms with Gasteiger partial charge >= 0.3 is 0 Å². The second-order valence-corrected chi connectivity index (χ2v) is 8.16. The maximum Gasteiger partial charge on any atom is 0.221 e. The van der Waals surface area contributed by atoms with E-state index < -0.39 is 0 Å². The third-order valence-electron chi connectivity index (χ3n) is 5.52. The molecule has 0 aliphatic rings. The average Bonchev–Trinajstić information content (AvgIpc) is 2.86. The van der Waals surface area contributed by atoms with Crippen molar-refractivity contribution in [3.05, 3.63) is 0 Å². The summed E-state index contributed by atoms with van der Waals surface area (Å²) < 4.78 is 0. The minimum Gasteiger partial charge on any atom is -0.359 e. The van der Waals surface area contributed by atoms with Gasteiger partial charge in [-0.2, -0.15) is 0 Å². The Balaban J connectivity index is 4.59. The monoisotopic (exact) mass is 500 g/mol. The van der Waals surface area contributed by atoms with Gasteiger partial charge in [-0.05, 0) is 6.92 Å². The van der Waals surface area contributed by atoms with E-state index in [0.717, 1.165) is 32.7 Å². The predicted octanol–water partition coefficient (Wildman–Crippen LogP) is -2.30. The van der Waals surface area contributed by atoms with Crippen LogP contribution in [0.15, 0.2) is 0 Å². The molecule has 0 aromatic carbocycles. The van der Waals surface area contributed by atoms with E-state index >= 15 is 0 Å². The molecular weight excluding hydrogens is 452 g/mol. The van der Waals surface area contributed by atoms with Crippen LogP contribution in [0, 0.1) is 0 Å². The molecule has 6 N–H and O–H groups in total. The minimum absolute atomic E-state index is 0.00190. The highest BCUT2D eigenvalue weighted by molar-refractivity contribution is 5.77. The Kier molecular flexibility index (Phi) is 20.8. The fourth-order valence-electron chi connectivity index (χ4n) is 3.26. The van der Waals surface area contributed by atoms with Crippen LogP contribution in [-0.4, -0.2) is 127 Å². The number of hydrogen-bond acceptors (Lipinski definition) is 8. The summed E-state index contributed by atoms with van der Waals surface area (Å²) in [6.07, 6.45) is 1.63. The van der Waals surface area contributed by atoms with Crippen molar-refractivity contribution in [2.24, 2.45) is 0 Å². The smallest absolute Gasteiger partial charge is 0.221 e. The van der Waals surface area contributed by atoms with Gasteiger partial charge in [-0.1, -0.05) is 0 Å². The largest absolute Gasteiger partial charge is 0.359 e. The Labute approximate surface area is 210 Å². The molecule has 0 saturated heterocycles. The minimum atomic E-state index is -0.0300. The van der Waals surface area contributed by atoms with Gasteiger partial charge in [0.05, 0.1) is 0 Å². The molecule has 0 fully saturated rings. The van der Waals surface area contributed by atoms with E-state index in [1.165, 1.54) is 0 Å². The van der Waals surface area contributed by atoms with Crippen molar-refractivity contribution >= 4 is 23.6 Å². The molecule has 0 unspecified atom stereocenters. The molecular formula is C23H48N8O4. The summed E-state index contributed by atoms with van der Waals surface area (Å²) in [6, 6.07) is 0. The number of carbonyl (C=O) groups excluding carboxylic acids is 4. The first-order valence-corrected chi connectivity index (χ1v) is 12.6. The van der Waals surface area contributed by atoms with Crippen LogP contribution in [0.3, 0.4) is 0 Å². The first kappa shape index (κ1) is 32.7. The molecule has 0 aliphatic carbocycles. The van der Waals surface area contributed by atoms with E-state index in [-0.39, 0.29) is 23.6 Å². The zero-order valence-corrected chi connectivity index (χ0v) is 22.1. The summed E-state index contributed by atoms with van der Waals surface area (Å²) in [5, 5.41) is 17.3. The van der Waals surface area contributed by atoms with Crippen molar-refractivity contribution in [1.82, 2.24) is 41.7 Å². The molecule has 204 valence electrons. The Hall–Kier alpha value is -2.28. The van der Waals surface area contributed by atoms with Gasteiger partial charge in [0.15, 0.2) is 0 Å². The number of amides is 4. The van der Waals surface area contributed by atoms with Crippen LogP contribution in [0.1, 0.15) is 32.6 Å². The standard InChI is InChI=1S/C23H48N8O4/c1-5-29-23(35)9-16-30(14-7-21(33)25-3)18-19-31(15-8-22(34)26-4)17-13-28-12-11-27-10-6-20(32)24-2/h27-28H,5-19H2,1-4H3,(H,24,32)(H,25,33)(H,26,34)(H,29,35). The van der Waals surface area contributed by atoms with E-state index in [0.29, 0.717) is 65.0 Å². The molecule has 0 radical (unpaired) electrons. The second kappa shape index (κ2) is 22.2. The Morgan fingerprint density at radius 2 is 0.943 bits per heavy atom. The Morgan fingerprint density at radius 3 is 1.43 bits per heavy atom. The maximum atomic E-state index is 11.9. The lowest BCUT2D eigenvalue weighted by Gasteiger charge is -2.27. The first-order valence-electron chi connectivity index (χ1n) is 12.6. The third-order valence-corrected chi connectivity index (χ3v) is 5.52. The lowest BCUT2D eigenvalue weighted by Crippen LogP contribution is -2.42. The molecule has 0 aromatic rings. The van der Waals surface area contributed by atoms with Crippen molar-refractivity contribution in [3.8, 4) is 0 Å². The van der Waals surface area contributed by atoms with E-state index in [2.05, 4.69) is 41.7 Å². The summed E-state index contributed by atoms with van der Waals surface area (Å²) in [6.45, 7) is 9.42. The number of hydrogen-bond donors (Lipinski definition) is 6. The van der Waals surface area contributed by atoms with Crippen molar-refractivity contribution < 1.29 is 19.2 Å². The van der Waals surface area contributed by atoms with Gasteiger partial charge in [0, 0.05) is 119 Å². The quantitative estimate of drug-likeness (QED) is 0.0911. The number of rotatable bonds is 22. The van der Waals surface area contributed by atoms with E-state index in [4.69, 9.17) is 0 Å².